The van der Waals surface area contributed by atoms with Crippen LogP contribution in [-0.2, 0) is 9.53 Å². The molecule has 0 aromatic carbocycles. The van der Waals surface area contributed by atoms with Gasteiger partial charge in [0.25, 0.3) is 0 Å². The molecule has 1 aliphatic carbocycles. The molecule has 2 fully saturated rings. The summed E-state index contributed by atoms with van der Waals surface area (Å²) >= 11 is 0. The van der Waals surface area contributed by atoms with Crippen molar-refractivity contribution in [1.29, 1.82) is 0 Å². The molecule has 1 saturated carbocycles. The Hall–Kier alpha value is -0.610. The number of carbonyl (C=O) groups is 1. The molecule has 4 heteroatoms. The van der Waals surface area contributed by atoms with E-state index < -0.39 is 0 Å². The maximum absolute atomic E-state index is 12.2. The van der Waals surface area contributed by atoms with Crippen LogP contribution in [0.25, 0.3) is 0 Å². The average molecular weight is 241 g/mol. The summed E-state index contributed by atoms with van der Waals surface area (Å²) in [5.41, 5.74) is 0. The molecule has 1 saturated heterocycles. The highest BCUT2D eigenvalue weighted by Gasteiger charge is 2.29. The summed E-state index contributed by atoms with van der Waals surface area (Å²) in [6, 6.07) is 0. The van der Waals surface area contributed by atoms with Crippen molar-refractivity contribution in [2.24, 2.45) is 5.92 Å². The lowest BCUT2D eigenvalue weighted by Crippen LogP contribution is -2.43. The van der Waals surface area contributed by atoms with E-state index in [1.807, 2.05) is 4.90 Å². The Morgan fingerprint density at radius 3 is 2.41 bits per heavy atom. The SMILES string of the molecule is O=C(C1CCCC1)N1CCC(OCCO)CC1. The topological polar surface area (TPSA) is 49.8 Å². The number of piperidine rings is 1. The van der Waals surface area contributed by atoms with Gasteiger partial charge in [0.2, 0.25) is 5.91 Å². The maximum Gasteiger partial charge on any atom is 0.225 e. The Morgan fingerprint density at radius 2 is 1.82 bits per heavy atom. The van der Waals surface area contributed by atoms with E-state index in [0.29, 0.717) is 18.4 Å². The first-order valence-corrected chi connectivity index (χ1v) is 6.82. The number of carbonyl (C=O) groups excluding carboxylic acids is 1. The fraction of sp³-hybridized carbons (Fsp3) is 0.923. The molecule has 0 bridgehead atoms. The largest absolute Gasteiger partial charge is 0.394 e. The van der Waals surface area contributed by atoms with Crippen LogP contribution in [0.5, 0.6) is 0 Å². The van der Waals surface area contributed by atoms with Crippen LogP contribution in [-0.4, -0.2) is 48.3 Å². The molecule has 0 spiro atoms. The van der Waals surface area contributed by atoms with Gasteiger partial charge >= 0.3 is 0 Å². The van der Waals surface area contributed by atoms with E-state index in [1.54, 1.807) is 0 Å². The van der Waals surface area contributed by atoms with Crippen molar-refractivity contribution in [3.63, 3.8) is 0 Å². The number of rotatable bonds is 4. The van der Waals surface area contributed by atoms with Gasteiger partial charge in [0.05, 0.1) is 19.3 Å². The molecule has 1 amide bonds. The highest BCUT2D eigenvalue weighted by Crippen LogP contribution is 2.27. The minimum absolute atomic E-state index is 0.0845. The molecule has 0 aromatic rings. The summed E-state index contributed by atoms with van der Waals surface area (Å²) in [5.74, 6) is 0.660. The summed E-state index contributed by atoms with van der Waals surface area (Å²) in [6.07, 6.45) is 6.66. The van der Waals surface area contributed by atoms with E-state index in [1.165, 1.54) is 12.8 Å². The number of ether oxygens (including phenoxy) is 1. The van der Waals surface area contributed by atoms with Crippen molar-refractivity contribution in [2.45, 2.75) is 44.6 Å². The fourth-order valence-electron chi connectivity index (χ4n) is 2.89. The number of amides is 1. The molecule has 1 heterocycles. The lowest BCUT2D eigenvalue weighted by molar-refractivity contribution is -0.138. The second kappa shape index (κ2) is 6.36. The molecule has 4 nitrogen and oxygen atoms in total. The Bertz CT molecular complexity index is 243. The van der Waals surface area contributed by atoms with Crippen molar-refractivity contribution in [2.75, 3.05) is 26.3 Å². The van der Waals surface area contributed by atoms with E-state index >= 15 is 0 Å². The highest BCUT2D eigenvalue weighted by atomic mass is 16.5. The van der Waals surface area contributed by atoms with Gasteiger partial charge in [0, 0.05) is 19.0 Å². The van der Waals surface area contributed by atoms with Gasteiger partial charge in [-0.1, -0.05) is 12.8 Å². The molecule has 0 aromatic heterocycles. The quantitative estimate of drug-likeness (QED) is 0.804. The standard InChI is InChI=1S/C13H23NO3/c15-9-10-17-12-5-7-14(8-6-12)13(16)11-3-1-2-4-11/h11-12,15H,1-10H2. The van der Waals surface area contributed by atoms with E-state index in [4.69, 9.17) is 9.84 Å². The predicted octanol–water partition coefficient (Wildman–Crippen LogP) is 1.18. The van der Waals surface area contributed by atoms with Crippen LogP contribution < -0.4 is 0 Å². The molecule has 1 aliphatic heterocycles. The maximum atomic E-state index is 12.2. The summed E-state index contributed by atoms with van der Waals surface area (Å²) in [7, 11) is 0. The van der Waals surface area contributed by atoms with Crippen LogP contribution in [0, 0.1) is 5.92 Å². The second-order valence-electron chi connectivity index (χ2n) is 5.10. The molecular weight excluding hydrogens is 218 g/mol. The molecule has 0 radical (unpaired) electrons. The molecule has 2 rings (SSSR count). The third-order valence-electron chi connectivity index (χ3n) is 3.90. The number of aliphatic hydroxyl groups excluding tert-OH is 1. The van der Waals surface area contributed by atoms with Crippen molar-refractivity contribution in [1.82, 2.24) is 4.90 Å². The zero-order chi connectivity index (χ0) is 12.1. The molecule has 0 unspecified atom stereocenters. The van der Waals surface area contributed by atoms with Gasteiger partial charge in [0.1, 0.15) is 0 Å². The number of aliphatic hydroxyl groups is 1. The highest BCUT2D eigenvalue weighted by molar-refractivity contribution is 5.79. The van der Waals surface area contributed by atoms with Crippen molar-refractivity contribution in [3.05, 3.63) is 0 Å². The van der Waals surface area contributed by atoms with Gasteiger partial charge < -0.3 is 14.7 Å². The Balaban J connectivity index is 1.72. The monoisotopic (exact) mass is 241 g/mol. The first-order chi connectivity index (χ1) is 8.31. The zero-order valence-corrected chi connectivity index (χ0v) is 10.4. The van der Waals surface area contributed by atoms with Crippen LogP contribution in [0.2, 0.25) is 0 Å². The summed E-state index contributed by atoms with van der Waals surface area (Å²) in [4.78, 5) is 14.2. The lowest BCUT2D eigenvalue weighted by Gasteiger charge is -2.33. The number of hydrogen-bond acceptors (Lipinski definition) is 3. The Kier molecular flexibility index (Phi) is 4.80. The number of hydrogen-bond donors (Lipinski definition) is 1. The third-order valence-corrected chi connectivity index (χ3v) is 3.90. The third kappa shape index (κ3) is 3.42. The molecular formula is C13H23NO3. The lowest BCUT2D eigenvalue weighted by atomic mass is 10.0. The molecule has 1 N–H and O–H groups in total. The minimum Gasteiger partial charge on any atom is -0.394 e. The molecule has 2 aliphatic rings. The van der Waals surface area contributed by atoms with E-state index in [-0.39, 0.29) is 12.7 Å². The van der Waals surface area contributed by atoms with E-state index in [0.717, 1.165) is 38.8 Å². The molecule has 17 heavy (non-hydrogen) atoms. The van der Waals surface area contributed by atoms with Gasteiger partial charge in [-0.05, 0) is 25.7 Å². The Labute approximate surface area is 103 Å². The minimum atomic E-state index is 0.0845. The molecule has 0 atom stereocenters. The molecule has 98 valence electrons. The van der Waals surface area contributed by atoms with Gasteiger partial charge in [0.15, 0.2) is 0 Å². The first-order valence-electron chi connectivity index (χ1n) is 6.82. The number of nitrogens with zero attached hydrogens (tertiary/aromatic N) is 1. The van der Waals surface area contributed by atoms with Crippen LogP contribution in [0.15, 0.2) is 0 Å². The van der Waals surface area contributed by atoms with Crippen molar-refractivity contribution < 1.29 is 14.6 Å². The van der Waals surface area contributed by atoms with Gasteiger partial charge in [-0.2, -0.15) is 0 Å². The van der Waals surface area contributed by atoms with Crippen LogP contribution in [0.1, 0.15) is 38.5 Å². The first kappa shape index (κ1) is 12.8. The van der Waals surface area contributed by atoms with Crippen molar-refractivity contribution in [3.8, 4) is 0 Å². The Morgan fingerprint density at radius 1 is 1.18 bits per heavy atom. The number of likely N-dealkylation sites (tertiary alicyclic amines) is 1. The zero-order valence-electron chi connectivity index (χ0n) is 10.4. The smallest absolute Gasteiger partial charge is 0.225 e. The average Bonchev–Trinajstić information content (AvgIpc) is 2.90. The summed E-state index contributed by atoms with van der Waals surface area (Å²) in [6.45, 7) is 2.15. The van der Waals surface area contributed by atoms with Crippen LogP contribution >= 0.6 is 0 Å². The normalized spacial score (nSPS) is 23.2. The summed E-state index contributed by atoms with van der Waals surface area (Å²) < 4.78 is 5.50. The summed E-state index contributed by atoms with van der Waals surface area (Å²) in [5, 5.41) is 8.69. The van der Waals surface area contributed by atoms with Gasteiger partial charge in [-0.25, -0.2) is 0 Å². The van der Waals surface area contributed by atoms with Crippen molar-refractivity contribution >= 4 is 5.91 Å². The van der Waals surface area contributed by atoms with Crippen LogP contribution in [0.3, 0.4) is 0 Å². The van der Waals surface area contributed by atoms with Gasteiger partial charge in [-0.3, -0.25) is 4.79 Å². The van der Waals surface area contributed by atoms with E-state index in [9.17, 15) is 4.79 Å². The second-order valence-corrected chi connectivity index (χ2v) is 5.10. The fourth-order valence-corrected chi connectivity index (χ4v) is 2.89. The predicted molar refractivity (Wildman–Crippen MR) is 64.6 cm³/mol. The van der Waals surface area contributed by atoms with Crippen LogP contribution in [0.4, 0.5) is 0 Å². The van der Waals surface area contributed by atoms with E-state index in [2.05, 4.69) is 0 Å². The van der Waals surface area contributed by atoms with Gasteiger partial charge in [-0.15, -0.1) is 0 Å².